The molecule has 0 fully saturated rings. The van der Waals surface area contributed by atoms with Gasteiger partial charge in [0.05, 0.1) is 0 Å². The molecule has 0 heterocycles. The predicted octanol–water partition coefficient (Wildman–Crippen LogP) is 2.72. The number of carboxylic acid groups (broad SMARTS) is 1. The molecule has 2 atom stereocenters. The highest BCUT2D eigenvalue weighted by Crippen LogP contribution is 2.24. The summed E-state index contributed by atoms with van der Waals surface area (Å²) in [6.45, 7) is 5.41. The van der Waals surface area contributed by atoms with Gasteiger partial charge >= 0.3 is 5.97 Å². The highest BCUT2D eigenvalue weighted by Gasteiger charge is 2.19. The van der Waals surface area contributed by atoms with Crippen molar-refractivity contribution in [3.63, 3.8) is 0 Å². The molecule has 0 aromatic heterocycles. The first-order chi connectivity index (χ1) is 9.35. The standard InChI is InChI=1S/C14H18ClNO4/c1-4-8(2)16-13(17)9(3)20-12-6-5-10(15)7-11(12)14(18)19/h5-9H,4H2,1-3H3,(H,16,17)(H,18,19). The number of benzene rings is 1. The Bertz CT molecular complexity index is 504. The molecule has 2 unspecified atom stereocenters. The van der Waals surface area contributed by atoms with E-state index in [1.807, 2.05) is 13.8 Å². The van der Waals surface area contributed by atoms with Crippen molar-refractivity contribution >= 4 is 23.5 Å². The van der Waals surface area contributed by atoms with Crippen LogP contribution in [0.2, 0.25) is 5.02 Å². The molecule has 110 valence electrons. The Balaban J connectivity index is 2.82. The molecule has 1 rings (SSSR count). The first-order valence-corrected chi connectivity index (χ1v) is 6.72. The van der Waals surface area contributed by atoms with Crippen LogP contribution in [0, 0.1) is 0 Å². The molecule has 5 nitrogen and oxygen atoms in total. The fourth-order valence-corrected chi connectivity index (χ4v) is 1.65. The van der Waals surface area contributed by atoms with Gasteiger partial charge in [0.15, 0.2) is 6.10 Å². The summed E-state index contributed by atoms with van der Waals surface area (Å²) in [4.78, 5) is 23.0. The Morgan fingerprint density at radius 2 is 2.05 bits per heavy atom. The van der Waals surface area contributed by atoms with Crippen molar-refractivity contribution in [1.82, 2.24) is 5.32 Å². The van der Waals surface area contributed by atoms with E-state index in [2.05, 4.69) is 5.32 Å². The molecule has 20 heavy (non-hydrogen) atoms. The number of carbonyl (C=O) groups excluding carboxylic acids is 1. The molecule has 6 heteroatoms. The summed E-state index contributed by atoms with van der Waals surface area (Å²) >= 11 is 5.75. The summed E-state index contributed by atoms with van der Waals surface area (Å²) in [6.07, 6.45) is 0.0167. The maximum atomic E-state index is 11.9. The molecule has 0 saturated carbocycles. The van der Waals surface area contributed by atoms with Crippen LogP contribution >= 0.6 is 11.6 Å². The van der Waals surface area contributed by atoms with E-state index in [4.69, 9.17) is 21.4 Å². The van der Waals surface area contributed by atoms with Gasteiger partial charge in [-0.25, -0.2) is 4.79 Å². The summed E-state index contributed by atoms with van der Waals surface area (Å²) < 4.78 is 5.42. The highest BCUT2D eigenvalue weighted by molar-refractivity contribution is 6.31. The summed E-state index contributed by atoms with van der Waals surface area (Å²) in [5, 5.41) is 12.2. The summed E-state index contributed by atoms with van der Waals surface area (Å²) in [6, 6.07) is 4.29. The van der Waals surface area contributed by atoms with Crippen molar-refractivity contribution in [3.05, 3.63) is 28.8 Å². The fourth-order valence-electron chi connectivity index (χ4n) is 1.48. The van der Waals surface area contributed by atoms with Crippen LogP contribution in [0.25, 0.3) is 0 Å². The topological polar surface area (TPSA) is 75.6 Å². The lowest BCUT2D eigenvalue weighted by molar-refractivity contribution is -0.127. The van der Waals surface area contributed by atoms with Gasteiger partial charge in [0.1, 0.15) is 11.3 Å². The zero-order valence-electron chi connectivity index (χ0n) is 11.6. The fraction of sp³-hybridized carbons (Fsp3) is 0.429. The smallest absolute Gasteiger partial charge is 0.339 e. The zero-order chi connectivity index (χ0) is 15.3. The monoisotopic (exact) mass is 299 g/mol. The quantitative estimate of drug-likeness (QED) is 0.847. The third kappa shape index (κ3) is 4.42. The minimum absolute atomic E-state index is 0.0395. The lowest BCUT2D eigenvalue weighted by Crippen LogP contribution is -2.41. The maximum absolute atomic E-state index is 11.9. The Kier molecular flexibility index (Phi) is 5.82. The van der Waals surface area contributed by atoms with Gasteiger partial charge in [0.25, 0.3) is 5.91 Å². The van der Waals surface area contributed by atoms with Crippen LogP contribution in [0.15, 0.2) is 18.2 Å². The van der Waals surface area contributed by atoms with Gasteiger partial charge in [-0.2, -0.15) is 0 Å². The number of aromatic carboxylic acids is 1. The average molecular weight is 300 g/mol. The van der Waals surface area contributed by atoms with Gasteiger partial charge in [0.2, 0.25) is 0 Å². The van der Waals surface area contributed by atoms with Crippen LogP contribution < -0.4 is 10.1 Å². The van der Waals surface area contributed by atoms with Gasteiger partial charge in [0, 0.05) is 11.1 Å². The van der Waals surface area contributed by atoms with Crippen molar-refractivity contribution in [2.24, 2.45) is 0 Å². The van der Waals surface area contributed by atoms with Crippen molar-refractivity contribution in [1.29, 1.82) is 0 Å². The van der Waals surface area contributed by atoms with E-state index in [1.54, 1.807) is 6.92 Å². The summed E-state index contributed by atoms with van der Waals surface area (Å²) in [5.74, 6) is -1.32. The van der Waals surface area contributed by atoms with Crippen LogP contribution in [0.5, 0.6) is 5.75 Å². The molecule has 1 aromatic rings. The lowest BCUT2D eigenvalue weighted by atomic mass is 10.2. The molecule has 1 aromatic carbocycles. The molecule has 1 amide bonds. The minimum Gasteiger partial charge on any atom is -0.480 e. The summed E-state index contributed by atoms with van der Waals surface area (Å²) in [7, 11) is 0. The van der Waals surface area contributed by atoms with Gasteiger partial charge in [-0.05, 0) is 38.5 Å². The molecular formula is C14H18ClNO4. The molecule has 0 radical (unpaired) electrons. The van der Waals surface area contributed by atoms with Crippen molar-refractivity contribution in [2.45, 2.75) is 39.3 Å². The second-order valence-corrected chi connectivity index (χ2v) is 4.96. The molecule has 0 aliphatic rings. The van der Waals surface area contributed by atoms with Gasteiger partial charge in [-0.15, -0.1) is 0 Å². The van der Waals surface area contributed by atoms with Gasteiger partial charge < -0.3 is 15.2 Å². The van der Waals surface area contributed by atoms with Crippen molar-refractivity contribution < 1.29 is 19.4 Å². The van der Waals surface area contributed by atoms with E-state index in [1.165, 1.54) is 18.2 Å². The number of rotatable bonds is 6. The molecule has 0 aliphatic heterocycles. The van der Waals surface area contributed by atoms with Crippen LogP contribution in [-0.4, -0.2) is 29.1 Å². The van der Waals surface area contributed by atoms with Gasteiger partial charge in [-0.3, -0.25) is 4.79 Å². The largest absolute Gasteiger partial charge is 0.480 e. The number of halogens is 1. The zero-order valence-corrected chi connectivity index (χ0v) is 12.4. The lowest BCUT2D eigenvalue weighted by Gasteiger charge is -2.18. The number of nitrogens with one attached hydrogen (secondary N) is 1. The molecule has 0 aliphatic carbocycles. The van der Waals surface area contributed by atoms with Crippen molar-refractivity contribution in [3.8, 4) is 5.75 Å². The Hall–Kier alpha value is -1.75. The SMILES string of the molecule is CCC(C)NC(=O)C(C)Oc1ccc(Cl)cc1C(=O)O. The molecule has 0 spiro atoms. The predicted molar refractivity (Wildman–Crippen MR) is 76.4 cm³/mol. The first-order valence-electron chi connectivity index (χ1n) is 6.35. The molecular weight excluding hydrogens is 282 g/mol. The Labute approximate surface area is 122 Å². The van der Waals surface area contributed by atoms with Gasteiger partial charge in [-0.1, -0.05) is 18.5 Å². The van der Waals surface area contributed by atoms with Crippen LogP contribution in [0.1, 0.15) is 37.6 Å². The molecule has 0 saturated heterocycles. The van der Waals surface area contributed by atoms with E-state index in [-0.39, 0.29) is 23.3 Å². The Morgan fingerprint density at radius 1 is 1.40 bits per heavy atom. The van der Waals surface area contributed by atoms with E-state index in [0.717, 1.165) is 6.42 Å². The third-order valence-corrected chi connectivity index (χ3v) is 3.08. The van der Waals surface area contributed by atoms with E-state index < -0.39 is 12.1 Å². The van der Waals surface area contributed by atoms with Crippen LogP contribution in [0.4, 0.5) is 0 Å². The number of amides is 1. The maximum Gasteiger partial charge on any atom is 0.339 e. The number of hydrogen-bond donors (Lipinski definition) is 2. The van der Waals surface area contributed by atoms with E-state index >= 15 is 0 Å². The normalized spacial score (nSPS) is 13.4. The number of ether oxygens (including phenoxy) is 1. The molecule has 0 bridgehead atoms. The summed E-state index contributed by atoms with van der Waals surface area (Å²) in [5.41, 5.74) is -0.0688. The molecule has 2 N–H and O–H groups in total. The van der Waals surface area contributed by atoms with E-state index in [0.29, 0.717) is 5.02 Å². The second kappa shape index (κ2) is 7.14. The number of hydrogen-bond acceptors (Lipinski definition) is 3. The average Bonchev–Trinajstić information content (AvgIpc) is 2.40. The van der Waals surface area contributed by atoms with Crippen molar-refractivity contribution in [2.75, 3.05) is 0 Å². The highest BCUT2D eigenvalue weighted by atomic mass is 35.5. The van der Waals surface area contributed by atoms with Crippen LogP contribution in [-0.2, 0) is 4.79 Å². The van der Waals surface area contributed by atoms with E-state index in [9.17, 15) is 9.59 Å². The minimum atomic E-state index is -1.16. The Morgan fingerprint density at radius 3 is 2.60 bits per heavy atom. The van der Waals surface area contributed by atoms with Crippen LogP contribution in [0.3, 0.4) is 0 Å². The third-order valence-electron chi connectivity index (χ3n) is 2.85. The number of carbonyl (C=O) groups is 2. The number of carboxylic acids is 1. The first kappa shape index (κ1) is 16.3. The second-order valence-electron chi connectivity index (χ2n) is 4.52.